The van der Waals surface area contributed by atoms with Crippen LogP contribution < -0.4 is 5.32 Å². The standard InChI is InChI=1S/C20H19BrN2O4S/c21-15-7-9-16(10-8-15)28(26,27)13-12-23-18(24)20(22-19(23)25)11-3-5-14-4-1-2-6-17(14)20/h1-2,4,6-10H,3,5,11-13H2,(H,22,25). The lowest BCUT2D eigenvalue weighted by atomic mass is 9.76. The average Bonchev–Trinajstić information content (AvgIpc) is 2.91. The van der Waals surface area contributed by atoms with Crippen LogP contribution in [0.15, 0.2) is 57.9 Å². The maximum Gasteiger partial charge on any atom is 0.325 e. The second kappa shape index (κ2) is 7.00. The summed E-state index contributed by atoms with van der Waals surface area (Å²) in [6.45, 7) is -0.174. The fraction of sp³-hybridized carbons (Fsp3) is 0.300. The number of urea groups is 1. The van der Waals surface area contributed by atoms with Crippen LogP contribution in [0.2, 0.25) is 0 Å². The lowest BCUT2D eigenvalue weighted by Gasteiger charge is -2.33. The fourth-order valence-corrected chi connectivity index (χ4v) is 5.46. The Morgan fingerprint density at radius 1 is 1.07 bits per heavy atom. The molecule has 28 heavy (non-hydrogen) atoms. The van der Waals surface area contributed by atoms with Crippen molar-refractivity contribution in [3.63, 3.8) is 0 Å². The highest BCUT2D eigenvalue weighted by Gasteiger charge is 2.53. The number of carbonyl (C=O) groups excluding carboxylic acids is 2. The minimum absolute atomic E-state index is 0.167. The average molecular weight is 463 g/mol. The maximum atomic E-state index is 13.2. The van der Waals surface area contributed by atoms with Gasteiger partial charge in [-0.2, -0.15) is 0 Å². The largest absolute Gasteiger partial charge is 0.325 e. The van der Waals surface area contributed by atoms with Crippen LogP contribution in [0.1, 0.15) is 24.0 Å². The lowest BCUT2D eigenvalue weighted by molar-refractivity contribution is -0.132. The second-order valence-electron chi connectivity index (χ2n) is 7.08. The molecule has 1 saturated heterocycles. The number of rotatable bonds is 4. The normalized spacial score (nSPS) is 21.7. The van der Waals surface area contributed by atoms with Crippen molar-refractivity contribution in [1.82, 2.24) is 10.2 Å². The number of amides is 3. The van der Waals surface area contributed by atoms with Crippen LogP contribution in [0, 0.1) is 0 Å². The van der Waals surface area contributed by atoms with Gasteiger partial charge in [0, 0.05) is 11.0 Å². The highest BCUT2D eigenvalue weighted by molar-refractivity contribution is 9.10. The third-order valence-corrected chi connectivity index (χ3v) is 7.65. The van der Waals surface area contributed by atoms with Gasteiger partial charge in [-0.1, -0.05) is 40.2 Å². The Balaban J connectivity index is 1.57. The number of halogens is 1. The first-order valence-electron chi connectivity index (χ1n) is 9.04. The zero-order valence-corrected chi connectivity index (χ0v) is 17.4. The number of nitrogens with one attached hydrogen (secondary N) is 1. The first kappa shape index (κ1) is 19.1. The molecule has 6 nitrogen and oxygen atoms in total. The Kier molecular flexibility index (Phi) is 4.79. The molecule has 1 heterocycles. The molecule has 1 aliphatic carbocycles. The Hall–Kier alpha value is -2.19. The van der Waals surface area contributed by atoms with Crippen LogP contribution in [0.3, 0.4) is 0 Å². The maximum absolute atomic E-state index is 13.2. The van der Waals surface area contributed by atoms with Crippen molar-refractivity contribution in [1.29, 1.82) is 0 Å². The summed E-state index contributed by atoms with van der Waals surface area (Å²) < 4.78 is 26.0. The van der Waals surface area contributed by atoms with Crippen molar-refractivity contribution in [2.45, 2.75) is 29.7 Å². The number of hydrogen-bond acceptors (Lipinski definition) is 4. The van der Waals surface area contributed by atoms with Gasteiger partial charge < -0.3 is 5.32 Å². The summed E-state index contributed by atoms with van der Waals surface area (Å²) in [7, 11) is -3.61. The first-order valence-corrected chi connectivity index (χ1v) is 11.5. The summed E-state index contributed by atoms with van der Waals surface area (Å²) in [6.07, 6.45) is 2.16. The molecular formula is C20H19BrN2O4S. The van der Waals surface area contributed by atoms with Gasteiger partial charge in [0.1, 0.15) is 5.54 Å². The molecule has 0 aromatic heterocycles. The molecule has 2 aromatic rings. The summed E-state index contributed by atoms with van der Waals surface area (Å²) in [6, 6.07) is 13.4. The van der Waals surface area contributed by atoms with Gasteiger partial charge >= 0.3 is 6.03 Å². The van der Waals surface area contributed by atoms with Gasteiger partial charge in [0.2, 0.25) is 0 Å². The number of nitrogens with zero attached hydrogens (tertiary/aromatic N) is 1. The SMILES string of the molecule is O=C1NC2(CCCc3ccccc32)C(=O)N1CCS(=O)(=O)c1ccc(Br)cc1. The number of hydrogen-bond donors (Lipinski definition) is 1. The molecule has 1 N–H and O–H groups in total. The Bertz CT molecular complexity index is 1050. The first-order chi connectivity index (χ1) is 13.3. The van der Waals surface area contributed by atoms with Gasteiger partial charge in [0.05, 0.1) is 10.6 Å². The van der Waals surface area contributed by atoms with Gasteiger partial charge in [0.15, 0.2) is 9.84 Å². The van der Waals surface area contributed by atoms with Crippen molar-refractivity contribution < 1.29 is 18.0 Å². The molecule has 1 atom stereocenters. The number of benzene rings is 2. The molecule has 0 saturated carbocycles. The summed E-state index contributed by atoms with van der Waals surface area (Å²) in [5.74, 6) is -0.679. The Morgan fingerprint density at radius 3 is 2.54 bits per heavy atom. The topological polar surface area (TPSA) is 83.6 Å². The van der Waals surface area contributed by atoms with Gasteiger partial charge in [-0.25, -0.2) is 13.2 Å². The molecule has 3 amide bonds. The van der Waals surface area contributed by atoms with E-state index in [4.69, 9.17) is 0 Å². The predicted molar refractivity (Wildman–Crippen MR) is 107 cm³/mol. The highest BCUT2D eigenvalue weighted by atomic mass is 79.9. The molecule has 4 rings (SSSR count). The van der Waals surface area contributed by atoms with Crippen LogP contribution in [-0.4, -0.2) is 37.6 Å². The third kappa shape index (κ3) is 3.14. The van der Waals surface area contributed by atoms with E-state index in [1.807, 2.05) is 24.3 Å². The van der Waals surface area contributed by atoms with Crippen molar-refractivity contribution in [3.05, 3.63) is 64.1 Å². The summed E-state index contributed by atoms with van der Waals surface area (Å²) in [4.78, 5) is 27.0. The van der Waals surface area contributed by atoms with E-state index >= 15 is 0 Å². The van der Waals surface area contributed by atoms with Crippen LogP contribution in [0.25, 0.3) is 0 Å². The van der Waals surface area contributed by atoms with Gasteiger partial charge in [-0.15, -0.1) is 0 Å². The Morgan fingerprint density at radius 2 is 1.79 bits per heavy atom. The van der Waals surface area contributed by atoms with Crippen LogP contribution in [0.5, 0.6) is 0 Å². The molecule has 1 aliphatic heterocycles. The van der Waals surface area contributed by atoms with E-state index in [1.165, 1.54) is 12.1 Å². The van der Waals surface area contributed by atoms with E-state index in [2.05, 4.69) is 21.2 Å². The monoisotopic (exact) mass is 462 g/mol. The molecule has 2 aromatic carbocycles. The van der Waals surface area contributed by atoms with Crippen molar-refractivity contribution in [2.24, 2.45) is 0 Å². The smallest absolute Gasteiger partial charge is 0.319 e. The van der Waals surface area contributed by atoms with Crippen LogP contribution >= 0.6 is 15.9 Å². The quantitative estimate of drug-likeness (QED) is 0.707. The number of sulfone groups is 1. The number of carbonyl (C=O) groups is 2. The predicted octanol–water partition coefficient (Wildman–Crippen LogP) is 3.01. The summed E-state index contributed by atoms with van der Waals surface area (Å²) >= 11 is 3.27. The van der Waals surface area contributed by atoms with Crippen LogP contribution in [-0.2, 0) is 26.6 Å². The molecule has 1 fully saturated rings. The molecule has 8 heteroatoms. The molecule has 0 bridgehead atoms. The van der Waals surface area contributed by atoms with Crippen molar-refractivity contribution in [3.8, 4) is 0 Å². The minimum atomic E-state index is -3.61. The van der Waals surface area contributed by atoms with E-state index in [-0.39, 0.29) is 23.1 Å². The van der Waals surface area contributed by atoms with E-state index in [0.29, 0.717) is 6.42 Å². The van der Waals surface area contributed by atoms with Crippen LogP contribution in [0.4, 0.5) is 4.79 Å². The van der Waals surface area contributed by atoms with Crippen molar-refractivity contribution >= 4 is 37.7 Å². The number of aryl methyl sites for hydroxylation is 1. The molecule has 2 aliphatic rings. The summed E-state index contributed by atoms with van der Waals surface area (Å²) in [5, 5.41) is 2.85. The molecular weight excluding hydrogens is 444 g/mol. The third-order valence-electron chi connectivity index (χ3n) is 5.41. The molecule has 0 radical (unpaired) electrons. The Labute approximate surface area is 172 Å². The summed E-state index contributed by atoms with van der Waals surface area (Å²) in [5.41, 5.74) is 0.789. The highest BCUT2D eigenvalue weighted by Crippen LogP contribution is 2.39. The zero-order chi connectivity index (χ0) is 19.9. The molecule has 146 valence electrons. The molecule has 1 unspecified atom stereocenters. The molecule has 1 spiro atoms. The van der Waals surface area contributed by atoms with E-state index in [0.717, 1.165) is 33.3 Å². The van der Waals surface area contributed by atoms with Gasteiger partial charge in [0.25, 0.3) is 5.91 Å². The number of fused-ring (bicyclic) bond motifs is 2. The number of imide groups is 1. The van der Waals surface area contributed by atoms with E-state index < -0.39 is 21.4 Å². The van der Waals surface area contributed by atoms with Gasteiger partial charge in [-0.3, -0.25) is 9.69 Å². The van der Waals surface area contributed by atoms with E-state index in [9.17, 15) is 18.0 Å². The lowest BCUT2D eigenvalue weighted by Crippen LogP contribution is -2.46. The second-order valence-corrected chi connectivity index (χ2v) is 10.1. The van der Waals surface area contributed by atoms with E-state index in [1.54, 1.807) is 12.1 Å². The zero-order valence-electron chi connectivity index (χ0n) is 15.0. The van der Waals surface area contributed by atoms with Gasteiger partial charge in [-0.05, 0) is 54.7 Å². The van der Waals surface area contributed by atoms with Crippen molar-refractivity contribution in [2.75, 3.05) is 12.3 Å². The minimum Gasteiger partial charge on any atom is -0.319 e. The fourth-order valence-electron chi connectivity index (χ4n) is 3.99.